The van der Waals surface area contributed by atoms with Crippen molar-refractivity contribution in [2.24, 2.45) is 0 Å². The molecular formula is C60H102O6. The highest BCUT2D eigenvalue weighted by Crippen LogP contribution is 2.15. The maximum atomic E-state index is 12.8. The highest BCUT2D eigenvalue weighted by Gasteiger charge is 2.19. The van der Waals surface area contributed by atoms with Gasteiger partial charge in [-0.05, 0) is 89.9 Å². The summed E-state index contributed by atoms with van der Waals surface area (Å²) < 4.78 is 16.8. The molecule has 0 bridgehead atoms. The molecule has 0 spiro atoms. The van der Waals surface area contributed by atoms with E-state index in [9.17, 15) is 14.4 Å². The average Bonchev–Trinajstić information content (AvgIpc) is 3.31. The summed E-state index contributed by atoms with van der Waals surface area (Å²) in [6.07, 6.45) is 70.0. The molecule has 0 heterocycles. The van der Waals surface area contributed by atoms with Crippen LogP contribution in [0, 0.1) is 0 Å². The van der Waals surface area contributed by atoms with Crippen molar-refractivity contribution in [3.8, 4) is 0 Å². The number of carbonyl (C=O) groups excluding carboxylic acids is 3. The predicted octanol–water partition coefficient (Wildman–Crippen LogP) is 18.4. The van der Waals surface area contributed by atoms with Gasteiger partial charge in [0.25, 0.3) is 0 Å². The van der Waals surface area contributed by atoms with Crippen LogP contribution in [0.15, 0.2) is 85.1 Å². The van der Waals surface area contributed by atoms with Crippen molar-refractivity contribution in [2.75, 3.05) is 13.2 Å². The van der Waals surface area contributed by atoms with Gasteiger partial charge in [-0.1, -0.05) is 234 Å². The van der Waals surface area contributed by atoms with E-state index in [-0.39, 0.29) is 31.1 Å². The number of hydrogen-bond donors (Lipinski definition) is 0. The number of hydrogen-bond acceptors (Lipinski definition) is 6. The van der Waals surface area contributed by atoms with Crippen LogP contribution < -0.4 is 0 Å². The second-order valence-corrected chi connectivity index (χ2v) is 18.1. The molecule has 6 nitrogen and oxygen atoms in total. The van der Waals surface area contributed by atoms with Crippen LogP contribution in [0.3, 0.4) is 0 Å². The van der Waals surface area contributed by atoms with Crippen LogP contribution in [0.4, 0.5) is 0 Å². The molecule has 0 N–H and O–H groups in total. The van der Waals surface area contributed by atoms with Crippen molar-refractivity contribution in [3.63, 3.8) is 0 Å². The van der Waals surface area contributed by atoms with E-state index in [2.05, 4.69) is 106 Å². The zero-order chi connectivity index (χ0) is 47.9. The number of unbranched alkanes of at least 4 members (excludes halogenated alkanes) is 24. The topological polar surface area (TPSA) is 78.9 Å². The van der Waals surface area contributed by atoms with Gasteiger partial charge in [0.15, 0.2) is 6.10 Å². The quantitative estimate of drug-likeness (QED) is 0.0262. The number of allylic oxidation sites excluding steroid dienone is 14. The smallest absolute Gasteiger partial charge is 0.306 e. The number of rotatable bonds is 49. The lowest BCUT2D eigenvalue weighted by atomic mass is 10.0. The standard InChI is InChI=1S/C60H102O6/c1-4-7-10-13-16-19-22-25-27-29-30-31-33-35-38-41-44-47-50-53-59(62)65-56-57(55-64-58(61)52-49-46-43-40-37-34-24-21-18-15-12-9-6-3)66-60(63)54-51-48-45-42-39-36-32-28-26-23-20-17-14-11-8-5-2/h7,9-10,12,16,18-19,21,25,27,30-31,34,37,57H,4-6,8,11,13-15,17,20,22-24,26,28-29,32-33,35-36,38-56H2,1-3H3/b10-7-,12-9-,19-16-,21-18-,27-25-,31-30-,37-34-. The second-order valence-electron chi connectivity index (χ2n) is 18.1. The van der Waals surface area contributed by atoms with E-state index in [0.29, 0.717) is 19.3 Å². The third kappa shape index (κ3) is 51.6. The third-order valence-electron chi connectivity index (χ3n) is 11.6. The lowest BCUT2D eigenvalue weighted by Crippen LogP contribution is -2.30. The van der Waals surface area contributed by atoms with Crippen molar-refractivity contribution in [1.82, 2.24) is 0 Å². The average molecular weight is 919 g/mol. The van der Waals surface area contributed by atoms with Crippen LogP contribution >= 0.6 is 0 Å². The van der Waals surface area contributed by atoms with E-state index in [1.165, 1.54) is 96.3 Å². The molecule has 0 aromatic rings. The van der Waals surface area contributed by atoms with Crippen LogP contribution in [0.2, 0.25) is 0 Å². The van der Waals surface area contributed by atoms with Crippen LogP contribution in [0.25, 0.3) is 0 Å². The number of carbonyl (C=O) groups is 3. The number of ether oxygens (including phenoxy) is 3. The summed E-state index contributed by atoms with van der Waals surface area (Å²) in [5.74, 6) is -0.929. The second kappa shape index (κ2) is 54.2. The van der Waals surface area contributed by atoms with Gasteiger partial charge in [-0.3, -0.25) is 14.4 Å². The van der Waals surface area contributed by atoms with Gasteiger partial charge in [0.05, 0.1) is 0 Å². The van der Waals surface area contributed by atoms with Crippen molar-refractivity contribution >= 4 is 17.9 Å². The van der Waals surface area contributed by atoms with Crippen molar-refractivity contribution in [1.29, 1.82) is 0 Å². The monoisotopic (exact) mass is 919 g/mol. The Labute approximate surface area is 407 Å². The van der Waals surface area contributed by atoms with Crippen molar-refractivity contribution in [2.45, 2.75) is 264 Å². The Morgan fingerprint density at radius 2 is 0.591 bits per heavy atom. The minimum atomic E-state index is -0.793. The van der Waals surface area contributed by atoms with E-state index in [4.69, 9.17) is 14.2 Å². The maximum Gasteiger partial charge on any atom is 0.306 e. The van der Waals surface area contributed by atoms with Gasteiger partial charge in [-0.2, -0.15) is 0 Å². The summed E-state index contributed by atoms with van der Waals surface area (Å²) in [5.41, 5.74) is 0. The zero-order valence-electron chi connectivity index (χ0n) is 43.2. The molecule has 378 valence electrons. The third-order valence-corrected chi connectivity index (χ3v) is 11.6. The maximum absolute atomic E-state index is 12.8. The molecule has 0 aliphatic rings. The first-order valence-electron chi connectivity index (χ1n) is 27.6. The molecule has 0 fully saturated rings. The van der Waals surface area contributed by atoms with Gasteiger partial charge in [0.1, 0.15) is 13.2 Å². The summed E-state index contributed by atoms with van der Waals surface area (Å²) in [5, 5.41) is 0. The van der Waals surface area contributed by atoms with Crippen LogP contribution in [-0.2, 0) is 28.6 Å². The molecule has 0 aromatic heterocycles. The van der Waals surface area contributed by atoms with E-state index >= 15 is 0 Å². The van der Waals surface area contributed by atoms with E-state index < -0.39 is 6.10 Å². The zero-order valence-corrected chi connectivity index (χ0v) is 43.2. The fourth-order valence-corrected chi connectivity index (χ4v) is 7.57. The first-order chi connectivity index (χ1) is 32.5. The highest BCUT2D eigenvalue weighted by atomic mass is 16.6. The molecule has 0 saturated carbocycles. The lowest BCUT2D eigenvalue weighted by Gasteiger charge is -2.18. The van der Waals surface area contributed by atoms with Crippen LogP contribution in [-0.4, -0.2) is 37.2 Å². The Morgan fingerprint density at radius 3 is 0.939 bits per heavy atom. The first kappa shape index (κ1) is 62.6. The molecule has 1 atom stereocenters. The molecule has 0 aliphatic carbocycles. The van der Waals surface area contributed by atoms with Gasteiger partial charge in [0.2, 0.25) is 0 Å². The number of esters is 3. The molecule has 0 aromatic carbocycles. The molecule has 0 radical (unpaired) electrons. The largest absolute Gasteiger partial charge is 0.462 e. The molecule has 0 amide bonds. The Morgan fingerprint density at radius 1 is 0.318 bits per heavy atom. The van der Waals surface area contributed by atoms with E-state index in [0.717, 1.165) is 122 Å². The fraction of sp³-hybridized carbons (Fsp3) is 0.717. The van der Waals surface area contributed by atoms with Crippen LogP contribution in [0.1, 0.15) is 258 Å². The normalized spacial score (nSPS) is 12.7. The fourth-order valence-electron chi connectivity index (χ4n) is 7.57. The van der Waals surface area contributed by atoms with Gasteiger partial charge in [-0.15, -0.1) is 0 Å². The Hall–Kier alpha value is -3.41. The summed E-state index contributed by atoms with van der Waals surface area (Å²) in [6, 6.07) is 0. The van der Waals surface area contributed by atoms with Gasteiger partial charge >= 0.3 is 17.9 Å². The molecule has 6 heteroatoms. The molecular weight excluding hydrogens is 817 g/mol. The Balaban J connectivity index is 4.41. The highest BCUT2D eigenvalue weighted by molar-refractivity contribution is 5.71. The van der Waals surface area contributed by atoms with Gasteiger partial charge in [0, 0.05) is 19.3 Å². The lowest BCUT2D eigenvalue weighted by molar-refractivity contribution is -0.167. The SMILES string of the molecule is CC/C=C\C/C=C\C/C=C\C/C=C\CCCCCCCCC(=O)OCC(COC(=O)CCCCC/C=C\C/C=C\C/C=C\CC)OC(=O)CCCCCCCCCCCCCCCCCC. The molecule has 1 unspecified atom stereocenters. The van der Waals surface area contributed by atoms with Crippen molar-refractivity contribution < 1.29 is 28.6 Å². The molecule has 0 aliphatic heterocycles. The Kier molecular flexibility index (Phi) is 51.4. The predicted molar refractivity (Wildman–Crippen MR) is 284 cm³/mol. The molecule has 0 saturated heterocycles. The van der Waals surface area contributed by atoms with Gasteiger partial charge < -0.3 is 14.2 Å². The van der Waals surface area contributed by atoms with E-state index in [1.54, 1.807) is 0 Å². The summed E-state index contributed by atoms with van der Waals surface area (Å²) in [7, 11) is 0. The minimum absolute atomic E-state index is 0.0922. The molecule has 0 rings (SSSR count). The first-order valence-corrected chi connectivity index (χ1v) is 27.6. The minimum Gasteiger partial charge on any atom is -0.462 e. The van der Waals surface area contributed by atoms with Crippen LogP contribution in [0.5, 0.6) is 0 Å². The van der Waals surface area contributed by atoms with Crippen molar-refractivity contribution in [3.05, 3.63) is 85.1 Å². The summed E-state index contributed by atoms with van der Waals surface area (Å²) >= 11 is 0. The Bertz CT molecular complexity index is 1290. The molecule has 66 heavy (non-hydrogen) atoms. The summed E-state index contributed by atoms with van der Waals surface area (Å²) in [4.78, 5) is 38.1. The van der Waals surface area contributed by atoms with E-state index in [1.807, 2.05) is 0 Å². The summed E-state index contributed by atoms with van der Waals surface area (Å²) in [6.45, 7) is 6.39. The van der Waals surface area contributed by atoms with Gasteiger partial charge in [-0.25, -0.2) is 0 Å².